The molecular weight excluding hydrogens is 316 g/mol. The molecule has 4 rings (SSSR count). The molecule has 126 valence electrons. The number of amides is 1. The summed E-state index contributed by atoms with van der Waals surface area (Å²) in [7, 11) is 0. The number of anilines is 1. The molecule has 0 saturated heterocycles. The predicted octanol–water partition coefficient (Wildman–Crippen LogP) is 1.75. The molecule has 25 heavy (non-hydrogen) atoms. The third-order valence-electron chi connectivity index (χ3n) is 4.35. The second-order valence-corrected chi connectivity index (χ2v) is 6.17. The summed E-state index contributed by atoms with van der Waals surface area (Å²) < 4.78 is 1.79. The summed E-state index contributed by atoms with van der Waals surface area (Å²) in [5.41, 5.74) is 10.1. The van der Waals surface area contributed by atoms with Gasteiger partial charge in [-0.25, -0.2) is 4.68 Å². The minimum Gasteiger partial charge on any atom is -0.382 e. The molecule has 7 heteroatoms. The molecule has 0 spiro atoms. The van der Waals surface area contributed by atoms with Gasteiger partial charge in [0.2, 0.25) is 0 Å². The molecule has 7 nitrogen and oxygen atoms in total. The number of carbonyl (C=O) groups is 1. The highest BCUT2D eigenvalue weighted by Crippen LogP contribution is 2.20. The van der Waals surface area contributed by atoms with Crippen molar-refractivity contribution in [1.82, 2.24) is 24.9 Å². The molecule has 2 N–H and O–H groups in total. The van der Waals surface area contributed by atoms with Gasteiger partial charge in [0.15, 0.2) is 0 Å². The lowest BCUT2D eigenvalue weighted by Crippen LogP contribution is -2.36. The van der Waals surface area contributed by atoms with Crippen LogP contribution in [0.1, 0.15) is 27.3 Å². The lowest BCUT2D eigenvalue weighted by molar-refractivity contribution is 0.0733. The van der Waals surface area contributed by atoms with E-state index in [0.29, 0.717) is 30.9 Å². The standard InChI is InChI=1S/C18H18N6O/c1-12-6-9-24(22-12)15-4-2-13(3-5-15)18(25)23-8-7-16-14(11-23)10-17(19)21-20-16/h2-6,9-10H,7-8,11H2,1H3,(H2,19,21). The minimum atomic E-state index is 0.00392. The van der Waals surface area contributed by atoms with Crippen molar-refractivity contribution in [2.75, 3.05) is 12.3 Å². The summed E-state index contributed by atoms with van der Waals surface area (Å²) in [6, 6.07) is 11.2. The molecule has 1 aliphatic rings. The van der Waals surface area contributed by atoms with E-state index in [9.17, 15) is 4.79 Å². The van der Waals surface area contributed by atoms with Gasteiger partial charge >= 0.3 is 0 Å². The summed E-state index contributed by atoms with van der Waals surface area (Å²) >= 11 is 0. The van der Waals surface area contributed by atoms with Crippen LogP contribution in [0.25, 0.3) is 5.69 Å². The Morgan fingerprint density at radius 3 is 2.68 bits per heavy atom. The van der Waals surface area contributed by atoms with Gasteiger partial charge in [-0.3, -0.25) is 4.79 Å². The second kappa shape index (κ2) is 6.01. The van der Waals surface area contributed by atoms with Crippen molar-refractivity contribution < 1.29 is 4.79 Å². The number of benzene rings is 1. The summed E-state index contributed by atoms with van der Waals surface area (Å²) in [6.07, 6.45) is 2.60. The summed E-state index contributed by atoms with van der Waals surface area (Å²) in [4.78, 5) is 14.6. The normalized spacial score (nSPS) is 13.6. The van der Waals surface area contributed by atoms with Gasteiger partial charge in [0.25, 0.3) is 5.91 Å². The van der Waals surface area contributed by atoms with E-state index in [1.165, 1.54) is 0 Å². The molecule has 1 aliphatic heterocycles. The van der Waals surface area contributed by atoms with Gasteiger partial charge in [-0.15, -0.1) is 5.10 Å². The minimum absolute atomic E-state index is 0.00392. The highest BCUT2D eigenvalue weighted by Gasteiger charge is 2.23. The van der Waals surface area contributed by atoms with Crippen LogP contribution in [0.15, 0.2) is 42.6 Å². The molecule has 0 bridgehead atoms. The zero-order chi connectivity index (χ0) is 17.4. The number of nitrogen functional groups attached to an aromatic ring is 1. The molecule has 0 unspecified atom stereocenters. The van der Waals surface area contributed by atoms with Crippen LogP contribution in [0, 0.1) is 6.92 Å². The van der Waals surface area contributed by atoms with E-state index in [0.717, 1.165) is 22.6 Å². The molecule has 1 amide bonds. The molecule has 0 fully saturated rings. The highest BCUT2D eigenvalue weighted by atomic mass is 16.2. The summed E-state index contributed by atoms with van der Waals surface area (Å²) in [5, 5.41) is 12.4. The van der Waals surface area contributed by atoms with Crippen molar-refractivity contribution in [3.8, 4) is 5.69 Å². The molecule has 0 radical (unpaired) electrons. The lowest BCUT2D eigenvalue weighted by Gasteiger charge is -2.28. The van der Waals surface area contributed by atoms with E-state index in [1.54, 1.807) is 10.7 Å². The Hall–Kier alpha value is -3.22. The van der Waals surface area contributed by atoms with Crippen molar-refractivity contribution in [2.24, 2.45) is 0 Å². The lowest BCUT2D eigenvalue weighted by atomic mass is 10.0. The summed E-state index contributed by atoms with van der Waals surface area (Å²) in [5.74, 6) is 0.385. The smallest absolute Gasteiger partial charge is 0.254 e. The molecule has 0 atom stereocenters. The van der Waals surface area contributed by atoms with Gasteiger partial charge in [0.1, 0.15) is 5.82 Å². The van der Waals surface area contributed by atoms with Gasteiger partial charge in [-0.2, -0.15) is 10.2 Å². The van der Waals surface area contributed by atoms with Crippen molar-refractivity contribution in [3.63, 3.8) is 0 Å². The molecule has 0 aliphatic carbocycles. The van der Waals surface area contributed by atoms with Crippen molar-refractivity contribution >= 4 is 11.7 Å². The van der Waals surface area contributed by atoms with Gasteiger partial charge in [-0.1, -0.05) is 0 Å². The van der Waals surface area contributed by atoms with E-state index < -0.39 is 0 Å². The van der Waals surface area contributed by atoms with Crippen LogP contribution in [0.2, 0.25) is 0 Å². The first-order valence-corrected chi connectivity index (χ1v) is 8.13. The van der Waals surface area contributed by atoms with Crippen LogP contribution in [-0.2, 0) is 13.0 Å². The number of aryl methyl sites for hydroxylation is 1. The fraction of sp³-hybridized carbons (Fsp3) is 0.222. The quantitative estimate of drug-likeness (QED) is 0.771. The van der Waals surface area contributed by atoms with E-state index >= 15 is 0 Å². The Morgan fingerprint density at radius 2 is 1.96 bits per heavy atom. The first-order valence-electron chi connectivity index (χ1n) is 8.13. The number of carbonyl (C=O) groups excluding carboxylic acids is 1. The Morgan fingerprint density at radius 1 is 1.16 bits per heavy atom. The molecule has 3 aromatic rings. The first-order chi connectivity index (χ1) is 12.1. The average Bonchev–Trinajstić information content (AvgIpc) is 3.07. The van der Waals surface area contributed by atoms with Gasteiger partial charge in [0.05, 0.1) is 17.1 Å². The van der Waals surface area contributed by atoms with Crippen molar-refractivity contribution in [1.29, 1.82) is 0 Å². The maximum absolute atomic E-state index is 12.8. The monoisotopic (exact) mass is 334 g/mol. The van der Waals surface area contributed by atoms with Crippen LogP contribution in [0.4, 0.5) is 5.82 Å². The molecule has 1 aromatic carbocycles. The van der Waals surface area contributed by atoms with Crippen LogP contribution in [-0.4, -0.2) is 37.3 Å². The fourth-order valence-electron chi connectivity index (χ4n) is 3.02. The Balaban J connectivity index is 1.53. The van der Waals surface area contributed by atoms with E-state index in [4.69, 9.17) is 5.73 Å². The number of nitrogens with zero attached hydrogens (tertiary/aromatic N) is 5. The predicted molar refractivity (Wildman–Crippen MR) is 93.2 cm³/mol. The van der Waals surface area contributed by atoms with Crippen molar-refractivity contribution in [2.45, 2.75) is 19.9 Å². The van der Waals surface area contributed by atoms with Crippen LogP contribution < -0.4 is 5.73 Å². The van der Waals surface area contributed by atoms with Gasteiger partial charge in [0, 0.05) is 31.3 Å². The van der Waals surface area contributed by atoms with E-state index in [1.807, 2.05) is 48.4 Å². The average molecular weight is 334 g/mol. The number of hydrogen-bond acceptors (Lipinski definition) is 5. The molecule has 0 saturated carbocycles. The summed E-state index contributed by atoms with van der Waals surface area (Å²) in [6.45, 7) is 3.08. The zero-order valence-electron chi connectivity index (χ0n) is 13.9. The third-order valence-corrected chi connectivity index (χ3v) is 4.35. The highest BCUT2D eigenvalue weighted by molar-refractivity contribution is 5.94. The number of hydrogen-bond donors (Lipinski definition) is 1. The first kappa shape index (κ1) is 15.3. The SMILES string of the molecule is Cc1ccn(-c2ccc(C(=O)N3CCc4nnc(N)cc4C3)cc2)n1. The Kier molecular flexibility index (Phi) is 3.68. The van der Waals surface area contributed by atoms with Crippen LogP contribution in [0.3, 0.4) is 0 Å². The number of fused-ring (bicyclic) bond motifs is 1. The molecule has 2 aromatic heterocycles. The number of nitrogens with two attached hydrogens (primary N) is 1. The van der Waals surface area contributed by atoms with Gasteiger partial charge in [-0.05, 0) is 48.9 Å². The maximum atomic E-state index is 12.8. The molecule has 3 heterocycles. The van der Waals surface area contributed by atoms with Gasteiger partial charge < -0.3 is 10.6 Å². The topological polar surface area (TPSA) is 89.9 Å². The molecular formula is C18H18N6O. The third kappa shape index (κ3) is 2.96. The number of rotatable bonds is 2. The van der Waals surface area contributed by atoms with Crippen molar-refractivity contribution in [3.05, 3.63) is 65.1 Å². The number of aromatic nitrogens is 4. The maximum Gasteiger partial charge on any atom is 0.254 e. The van der Waals surface area contributed by atoms with E-state index in [-0.39, 0.29) is 5.91 Å². The Labute approximate surface area is 145 Å². The van der Waals surface area contributed by atoms with Crippen LogP contribution >= 0.6 is 0 Å². The largest absolute Gasteiger partial charge is 0.382 e. The Bertz CT molecular complexity index is 931. The fourth-order valence-corrected chi connectivity index (χ4v) is 3.02. The van der Waals surface area contributed by atoms with E-state index in [2.05, 4.69) is 15.3 Å². The zero-order valence-corrected chi connectivity index (χ0v) is 13.9. The second-order valence-electron chi connectivity index (χ2n) is 6.17. The van der Waals surface area contributed by atoms with Crippen LogP contribution in [0.5, 0.6) is 0 Å².